The zero-order chi connectivity index (χ0) is 15.0. The molecule has 21 heavy (non-hydrogen) atoms. The van der Waals surface area contributed by atoms with Crippen molar-refractivity contribution in [2.75, 3.05) is 6.54 Å². The minimum Gasteiger partial charge on any atom is -0.480 e. The molecule has 1 fully saturated rings. The third-order valence-corrected chi connectivity index (χ3v) is 4.87. The molecule has 8 heteroatoms. The lowest BCUT2D eigenvalue weighted by molar-refractivity contribution is -0.150. The van der Waals surface area contributed by atoms with Crippen molar-refractivity contribution in [3.63, 3.8) is 0 Å². The largest absolute Gasteiger partial charge is 0.480 e. The second-order valence-corrected chi connectivity index (χ2v) is 6.05. The number of carboxylic acids is 1. The van der Waals surface area contributed by atoms with Crippen LogP contribution in [-0.4, -0.2) is 42.7 Å². The van der Waals surface area contributed by atoms with E-state index in [9.17, 15) is 14.7 Å². The van der Waals surface area contributed by atoms with Gasteiger partial charge in [-0.15, -0.1) is 0 Å². The maximum Gasteiger partial charge on any atom is 0.324 e. The predicted octanol–water partition coefficient (Wildman–Crippen LogP) is 0.980. The van der Waals surface area contributed by atoms with E-state index in [0.717, 1.165) is 6.42 Å². The molecular weight excluding hydrogens is 292 g/mol. The molecule has 1 atom stereocenters. The van der Waals surface area contributed by atoms with Gasteiger partial charge in [-0.3, -0.25) is 14.5 Å². The van der Waals surface area contributed by atoms with Crippen molar-refractivity contribution < 1.29 is 9.90 Å². The average molecular weight is 308 g/mol. The molecule has 0 bridgehead atoms. The highest BCUT2D eigenvalue weighted by Gasteiger charge is 2.46. The molecule has 112 valence electrons. The summed E-state index contributed by atoms with van der Waals surface area (Å²) in [5.41, 5.74) is 1.11. The first kappa shape index (κ1) is 14.2. The van der Waals surface area contributed by atoms with E-state index in [0.29, 0.717) is 36.6 Å². The molecule has 1 unspecified atom stereocenters. The molecule has 0 amide bonds. The van der Waals surface area contributed by atoms with Crippen molar-refractivity contribution in [3.8, 4) is 0 Å². The molecule has 1 saturated heterocycles. The van der Waals surface area contributed by atoms with Gasteiger partial charge in [-0.05, 0) is 25.8 Å². The molecule has 0 radical (unpaired) electrons. The molecule has 0 saturated carbocycles. The van der Waals surface area contributed by atoms with Crippen molar-refractivity contribution >= 4 is 22.3 Å². The summed E-state index contributed by atoms with van der Waals surface area (Å²) in [4.78, 5) is 30.5. The molecule has 7 nitrogen and oxygen atoms in total. The second-order valence-electron chi connectivity index (χ2n) is 5.23. The highest BCUT2D eigenvalue weighted by Crippen LogP contribution is 2.33. The Morgan fingerprint density at radius 2 is 2.38 bits per heavy atom. The van der Waals surface area contributed by atoms with Crippen LogP contribution in [0.5, 0.6) is 0 Å². The normalized spacial score (nSPS) is 22.9. The van der Waals surface area contributed by atoms with Gasteiger partial charge in [0.1, 0.15) is 11.0 Å². The quantitative estimate of drug-likeness (QED) is 0.906. The minimum atomic E-state index is -0.833. The smallest absolute Gasteiger partial charge is 0.324 e. The van der Waals surface area contributed by atoms with E-state index < -0.39 is 11.5 Å². The first-order valence-corrected chi connectivity index (χ1v) is 7.76. The standard InChI is InChI=1S/C13H16N4O3S/c1-2-13(11(19)20)4-3-5-16(13)7-9-6-10(18)17-12(15-9)21-8-14-17/h6,8H,2-5,7H2,1H3,(H,19,20). The highest BCUT2D eigenvalue weighted by atomic mass is 32.1. The third-order valence-electron chi connectivity index (χ3n) is 4.20. The number of rotatable bonds is 4. The number of fused-ring (bicyclic) bond motifs is 1. The van der Waals surface area contributed by atoms with Crippen LogP contribution in [-0.2, 0) is 11.3 Å². The lowest BCUT2D eigenvalue weighted by Crippen LogP contribution is -2.49. The van der Waals surface area contributed by atoms with Crippen molar-refractivity contribution in [1.82, 2.24) is 19.5 Å². The molecule has 2 aromatic heterocycles. The molecule has 2 aromatic rings. The Labute approximate surface area is 124 Å². The van der Waals surface area contributed by atoms with Gasteiger partial charge < -0.3 is 5.11 Å². The van der Waals surface area contributed by atoms with E-state index in [-0.39, 0.29) is 5.56 Å². The van der Waals surface area contributed by atoms with Gasteiger partial charge in [0, 0.05) is 12.6 Å². The summed E-state index contributed by atoms with van der Waals surface area (Å²) in [5.74, 6) is -0.793. The molecule has 0 aliphatic carbocycles. The van der Waals surface area contributed by atoms with Gasteiger partial charge >= 0.3 is 5.97 Å². The summed E-state index contributed by atoms with van der Waals surface area (Å²) in [6, 6.07) is 1.44. The van der Waals surface area contributed by atoms with E-state index >= 15 is 0 Å². The van der Waals surface area contributed by atoms with Crippen molar-refractivity contribution in [2.24, 2.45) is 0 Å². The Balaban J connectivity index is 1.94. The number of carbonyl (C=O) groups is 1. The highest BCUT2D eigenvalue weighted by molar-refractivity contribution is 7.14. The summed E-state index contributed by atoms with van der Waals surface area (Å²) in [6.07, 6.45) is 2.03. The number of hydrogen-bond donors (Lipinski definition) is 1. The maximum absolute atomic E-state index is 11.9. The fourth-order valence-corrected chi connectivity index (χ4v) is 3.68. The van der Waals surface area contributed by atoms with Gasteiger partial charge in [-0.1, -0.05) is 18.3 Å². The third kappa shape index (κ3) is 2.24. The first-order chi connectivity index (χ1) is 10.1. The van der Waals surface area contributed by atoms with Crippen LogP contribution in [0.4, 0.5) is 0 Å². The second kappa shape index (κ2) is 5.19. The molecule has 3 heterocycles. The summed E-state index contributed by atoms with van der Waals surface area (Å²) in [7, 11) is 0. The van der Waals surface area contributed by atoms with Crippen LogP contribution in [0.3, 0.4) is 0 Å². The lowest BCUT2D eigenvalue weighted by Gasteiger charge is -2.33. The number of nitrogens with zero attached hydrogens (tertiary/aromatic N) is 4. The molecule has 1 aliphatic heterocycles. The molecular formula is C13H16N4O3S. The van der Waals surface area contributed by atoms with Gasteiger partial charge in [-0.2, -0.15) is 9.61 Å². The van der Waals surface area contributed by atoms with Gasteiger partial charge in [-0.25, -0.2) is 4.98 Å². The summed E-state index contributed by atoms with van der Waals surface area (Å²) in [5, 5.41) is 13.5. The number of hydrogen-bond acceptors (Lipinski definition) is 6. The molecule has 0 aromatic carbocycles. The van der Waals surface area contributed by atoms with Crippen LogP contribution in [0, 0.1) is 0 Å². The topological polar surface area (TPSA) is 87.8 Å². The average Bonchev–Trinajstić information content (AvgIpc) is 3.06. The van der Waals surface area contributed by atoms with E-state index in [1.807, 2.05) is 11.8 Å². The Morgan fingerprint density at radius 3 is 3.10 bits per heavy atom. The Kier molecular flexibility index (Phi) is 3.50. The van der Waals surface area contributed by atoms with Crippen LogP contribution in [0.1, 0.15) is 31.9 Å². The summed E-state index contributed by atoms with van der Waals surface area (Å²) >= 11 is 1.29. The van der Waals surface area contributed by atoms with Gasteiger partial charge in [0.15, 0.2) is 0 Å². The monoisotopic (exact) mass is 308 g/mol. The Hall–Kier alpha value is -1.80. The molecule has 1 N–H and O–H groups in total. The van der Waals surface area contributed by atoms with E-state index in [4.69, 9.17) is 0 Å². The van der Waals surface area contributed by atoms with E-state index in [2.05, 4.69) is 10.1 Å². The van der Waals surface area contributed by atoms with Crippen LogP contribution in [0.25, 0.3) is 4.96 Å². The zero-order valence-electron chi connectivity index (χ0n) is 11.7. The van der Waals surface area contributed by atoms with Crippen LogP contribution in [0.2, 0.25) is 0 Å². The van der Waals surface area contributed by atoms with Crippen molar-refractivity contribution in [1.29, 1.82) is 0 Å². The number of carboxylic acid groups (broad SMARTS) is 1. The fraction of sp³-hybridized carbons (Fsp3) is 0.538. The first-order valence-electron chi connectivity index (χ1n) is 6.88. The lowest BCUT2D eigenvalue weighted by atomic mass is 9.93. The van der Waals surface area contributed by atoms with Crippen LogP contribution in [0.15, 0.2) is 16.4 Å². The molecule has 1 aliphatic rings. The molecule has 3 rings (SSSR count). The fourth-order valence-electron chi connectivity index (χ4n) is 3.04. The van der Waals surface area contributed by atoms with E-state index in [1.54, 1.807) is 5.51 Å². The van der Waals surface area contributed by atoms with E-state index in [1.165, 1.54) is 21.9 Å². The van der Waals surface area contributed by atoms with Gasteiger partial charge in [0.25, 0.3) is 5.56 Å². The minimum absolute atomic E-state index is 0.229. The zero-order valence-corrected chi connectivity index (χ0v) is 12.5. The summed E-state index contributed by atoms with van der Waals surface area (Å²) in [6.45, 7) is 2.98. The number of aromatic nitrogens is 3. The van der Waals surface area contributed by atoms with Gasteiger partial charge in [0.2, 0.25) is 4.96 Å². The van der Waals surface area contributed by atoms with Gasteiger partial charge in [0.05, 0.1) is 5.69 Å². The Bertz CT molecular complexity index is 740. The maximum atomic E-state index is 11.9. The predicted molar refractivity (Wildman–Crippen MR) is 77.4 cm³/mol. The van der Waals surface area contributed by atoms with Crippen molar-refractivity contribution in [2.45, 2.75) is 38.3 Å². The Morgan fingerprint density at radius 1 is 1.57 bits per heavy atom. The van der Waals surface area contributed by atoms with Crippen molar-refractivity contribution in [3.05, 3.63) is 27.6 Å². The van der Waals surface area contributed by atoms with Crippen LogP contribution >= 0.6 is 11.3 Å². The summed E-state index contributed by atoms with van der Waals surface area (Å²) < 4.78 is 1.25. The SMILES string of the molecule is CCC1(C(=O)O)CCCN1Cc1cc(=O)n2ncsc2n1. The number of likely N-dealkylation sites (tertiary alicyclic amines) is 1. The molecule has 0 spiro atoms. The van der Waals surface area contributed by atoms with Crippen LogP contribution < -0.4 is 5.56 Å². The number of aliphatic carboxylic acids is 1.